The number of nitrogens with one attached hydrogen (secondary N) is 1. The lowest BCUT2D eigenvalue weighted by Gasteiger charge is -2.03. The van der Waals surface area contributed by atoms with E-state index in [4.69, 9.17) is 9.72 Å². The largest absolute Gasteiger partial charge is 0.497 e. The van der Waals surface area contributed by atoms with Crippen LogP contribution >= 0.6 is 0 Å². The molecule has 0 spiro atoms. The van der Waals surface area contributed by atoms with Crippen LogP contribution in [-0.4, -0.2) is 27.8 Å². The van der Waals surface area contributed by atoms with Crippen LogP contribution in [0.3, 0.4) is 0 Å². The summed E-state index contributed by atoms with van der Waals surface area (Å²) in [6, 6.07) is 17.5. The number of hydrogen-bond acceptors (Lipinski definition) is 4. The summed E-state index contributed by atoms with van der Waals surface area (Å²) in [6.07, 6.45) is 3.82. The first-order chi connectivity index (χ1) is 13.8. The third kappa shape index (κ3) is 2.57. The molecular formula is C22H20N4O2. The van der Waals surface area contributed by atoms with Crippen LogP contribution in [0, 0.1) is 0 Å². The lowest BCUT2D eigenvalue weighted by Crippen LogP contribution is -2.32. The van der Waals surface area contributed by atoms with E-state index < -0.39 is 0 Å². The Kier molecular flexibility index (Phi) is 3.90. The number of ether oxygens (including phenoxy) is 1. The van der Waals surface area contributed by atoms with Crippen LogP contribution in [0.15, 0.2) is 65.6 Å². The number of nitrogens with zero attached hydrogens (tertiary/aromatic N) is 3. The molecule has 0 unspecified atom stereocenters. The minimum absolute atomic E-state index is 0.0422. The fraction of sp³-hybridized carbons (Fsp3) is 0.182. The van der Waals surface area contributed by atoms with E-state index in [0.717, 1.165) is 47.8 Å². The first-order valence-corrected chi connectivity index (χ1v) is 9.37. The lowest BCUT2D eigenvalue weighted by molar-refractivity contribution is 0.415. The second-order valence-corrected chi connectivity index (χ2v) is 6.86. The van der Waals surface area contributed by atoms with Gasteiger partial charge < -0.3 is 10.1 Å². The highest BCUT2D eigenvalue weighted by Gasteiger charge is 2.20. The molecule has 0 bridgehead atoms. The molecule has 1 fully saturated rings. The molecule has 2 aromatic heterocycles. The van der Waals surface area contributed by atoms with Gasteiger partial charge in [0.15, 0.2) is 5.65 Å². The van der Waals surface area contributed by atoms with E-state index in [0.29, 0.717) is 10.9 Å². The van der Waals surface area contributed by atoms with Crippen molar-refractivity contribution in [1.82, 2.24) is 19.5 Å². The Labute approximate surface area is 161 Å². The maximum absolute atomic E-state index is 13.3. The average molecular weight is 372 g/mol. The molecule has 2 aromatic carbocycles. The number of methoxy groups -OCH3 is 1. The summed E-state index contributed by atoms with van der Waals surface area (Å²) in [5, 5.41) is 4.04. The van der Waals surface area contributed by atoms with Gasteiger partial charge in [0.1, 0.15) is 11.0 Å². The van der Waals surface area contributed by atoms with Gasteiger partial charge in [0.25, 0.3) is 5.56 Å². The first kappa shape index (κ1) is 16.6. The maximum Gasteiger partial charge on any atom is 0.283 e. The minimum Gasteiger partial charge on any atom is -0.497 e. The summed E-state index contributed by atoms with van der Waals surface area (Å²) in [4.78, 5) is 18.1. The zero-order chi connectivity index (χ0) is 19.1. The van der Waals surface area contributed by atoms with Crippen molar-refractivity contribution in [3.8, 4) is 22.7 Å². The van der Waals surface area contributed by atoms with Gasteiger partial charge >= 0.3 is 0 Å². The van der Waals surface area contributed by atoms with Crippen molar-refractivity contribution in [2.45, 2.75) is 12.8 Å². The summed E-state index contributed by atoms with van der Waals surface area (Å²) >= 11 is 0. The van der Waals surface area contributed by atoms with Gasteiger partial charge in [-0.15, -0.1) is 0 Å². The van der Waals surface area contributed by atoms with Crippen molar-refractivity contribution < 1.29 is 4.74 Å². The molecule has 3 heterocycles. The van der Waals surface area contributed by atoms with Crippen molar-refractivity contribution in [3.05, 3.63) is 76.4 Å². The van der Waals surface area contributed by atoms with Crippen LogP contribution in [0.2, 0.25) is 0 Å². The third-order valence-electron chi connectivity index (χ3n) is 5.16. The molecule has 6 heteroatoms. The van der Waals surface area contributed by atoms with Crippen LogP contribution < -0.4 is 20.8 Å². The fourth-order valence-electron chi connectivity index (χ4n) is 3.78. The molecule has 0 atom stereocenters. The number of benzene rings is 2. The zero-order valence-electron chi connectivity index (χ0n) is 15.6. The van der Waals surface area contributed by atoms with Crippen LogP contribution in [-0.2, 0) is 0 Å². The van der Waals surface area contributed by atoms with Gasteiger partial charge in [0.2, 0.25) is 0 Å². The van der Waals surface area contributed by atoms with Gasteiger partial charge in [-0.05, 0) is 49.2 Å². The van der Waals surface area contributed by atoms with E-state index in [2.05, 4.69) is 5.32 Å². The highest BCUT2D eigenvalue weighted by Crippen LogP contribution is 2.22. The molecule has 1 N–H and O–H groups in total. The Balaban J connectivity index is 1.79. The fourth-order valence-corrected chi connectivity index (χ4v) is 3.78. The van der Waals surface area contributed by atoms with E-state index in [9.17, 15) is 4.79 Å². The third-order valence-corrected chi connectivity index (χ3v) is 5.16. The second-order valence-electron chi connectivity index (χ2n) is 6.86. The molecule has 0 amide bonds. The van der Waals surface area contributed by atoms with Gasteiger partial charge in [-0.1, -0.05) is 18.2 Å². The Morgan fingerprint density at radius 3 is 2.54 bits per heavy atom. The van der Waals surface area contributed by atoms with Crippen molar-refractivity contribution in [1.29, 1.82) is 0 Å². The summed E-state index contributed by atoms with van der Waals surface area (Å²) in [6.45, 7) is 0.892. The summed E-state index contributed by atoms with van der Waals surface area (Å²) < 4.78 is 8.80. The smallest absolute Gasteiger partial charge is 0.283 e. The topological polar surface area (TPSA) is 60.6 Å². The lowest BCUT2D eigenvalue weighted by atomic mass is 10.2. The van der Waals surface area contributed by atoms with Crippen LogP contribution in [0.25, 0.3) is 28.3 Å². The molecule has 1 aliphatic heterocycles. The molecule has 0 saturated carbocycles. The van der Waals surface area contributed by atoms with E-state index in [1.165, 1.54) is 0 Å². The molecular weight excluding hydrogens is 352 g/mol. The number of hydrogen-bond donors (Lipinski definition) is 1. The van der Waals surface area contributed by atoms with Crippen LogP contribution in [0.1, 0.15) is 12.8 Å². The quantitative estimate of drug-likeness (QED) is 0.600. The van der Waals surface area contributed by atoms with Crippen molar-refractivity contribution in [2.24, 2.45) is 0 Å². The normalized spacial score (nSPS) is 15.8. The number of fused-ring (bicyclic) bond motifs is 1. The highest BCUT2D eigenvalue weighted by molar-refractivity contribution is 5.66. The number of para-hydroxylation sites is 1. The van der Waals surface area contributed by atoms with Crippen LogP contribution in [0.4, 0.5) is 0 Å². The standard InChI is InChI=1S/C22H20N4O2/c1-28-17-11-9-15(10-12-17)19-14-25-21(24-19)20(18-8-5-13-23-18)22(27)26(25)16-6-3-2-4-7-16/h2-4,6-7,9-12,14,23H,5,8,13H2,1H3/b20-18-. The SMILES string of the molecule is COc1ccc(-c2cn3c(n2)/c(=C2\CCCN2)c(=O)n3-c2ccccc2)cc1. The molecule has 6 nitrogen and oxygen atoms in total. The minimum atomic E-state index is -0.0422. The molecule has 28 heavy (non-hydrogen) atoms. The highest BCUT2D eigenvalue weighted by atomic mass is 16.5. The second kappa shape index (κ2) is 6.56. The van der Waals surface area contributed by atoms with Gasteiger partial charge in [-0.25, -0.2) is 14.2 Å². The van der Waals surface area contributed by atoms with Gasteiger partial charge in [-0.2, -0.15) is 0 Å². The molecule has 5 rings (SSSR count). The molecule has 1 aliphatic rings. The molecule has 1 saturated heterocycles. The monoisotopic (exact) mass is 372 g/mol. The summed E-state index contributed by atoms with van der Waals surface area (Å²) in [7, 11) is 1.65. The van der Waals surface area contributed by atoms with E-state index in [1.54, 1.807) is 11.8 Å². The first-order valence-electron chi connectivity index (χ1n) is 9.37. The Morgan fingerprint density at radius 2 is 1.86 bits per heavy atom. The van der Waals surface area contributed by atoms with E-state index in [1.807, 2.05) is 65.3 Å². The van der Waals surface area contributed by atoms with E-state index in [-0.39, 0.29) is 5.56 Å². The Morgan fingerprint density at radius 1 is 1.07 bits per heavy atom. The molecule has 4 aromatic rings. The summed E-state index contributed by atoms with van der Waals surface area (Å²) in [5.74, 6) is 0.801. The predicted molar refractivity (Wildman–Crippen MR) is 109 cm³/mol. The zero-order valence-corrected chi connectivity index (χ0v) is 15.6. The van der Waals surface area contributed by atoms with E-state index >= 15 is 0 Å². The van der Waals surface area contributed by atoms with Gasteiger partial charge in [0, 0.05) is 17.8 Å². The van der Waals surface area contributed by atoms with Crippen molar-refractivity contribution in [2.75, 3.05) is 13.7 Å². The van der Waals surface area contributed by atoms with Crippen molar-refractivity contribution in [3.63, 3.8) is 0 Å². The number of rotatable bonds is 3. The Bertz CT molecular complexity index is 1250. The molecule has 140 valence electrons. The van der Waals surface area contributed by atoms with Crippen LogP contribution in [0.5, 0.6) is 5.75 Å². The summed E-state index contributed by atoms with van der Waals surface area (Å²) in [5.41, 5.74) is 4.25. The van der Waals surface area contributed by atoms with Gasteiger partial charge in [-0.3, -0.25) is 4.79 Å². The van der Waals surface area contributed by atoms with Gasteiger partial charge in [0.05, 0.1) is 24.7 Å². The average Bonchev–Trinajstić information content (AvgIpc) is 3.45. The number of aromatic nitrogens is 3. The Hall–Kier alpha value is -3.54. The predicted octanol–water partition coefficient (Wildman–Crippen LogP) is 2.37. The molecule has 0 aliphatic carbocycles. The maximum atomic E-state index is 13.3. The van der Waals surface area contributed by atoms with Crippen molar-refractivity contribution >= 4 is 11.3 Å². The number of imidazole rings is 1. The molecule has 0 radical (unpaired) electrons.